The second-order valence-corrected chi connectivity index (χ2v) is 11.6. The van der Waals surface area contributed by atoms with Crippen molar-refractivity contribution in [2.24, 2.45) is 11.8 Å². The number of phenols is 1. The summed E-state index contributed by atoms with van der Waals surface area (Å²) in [6.07, 6.45) is 7.56. The fraction of sp³-hybridized carbons (Fsp3) is 0.467. The summed E-state index contributed by atoms with van der Waals surface area (Å²) in [5, 5.41) is 14.2. The first kappa shape index (κ1) is 25.5. The number of pyridine rings is 1. The number of benzene rings is 2. The Kier molecular flexibility index (Phi) is 6.99. The van der Waals surface area contributed by atoms with Crippen LogP contribution in [0.1, 0.15) is 55.3 Å². The number of Topliss-reactive ketones (excluding diaryl/α,β-unsaturated/α-hetero) is 1. The van der Waals surface area contributed by atoms with Crippen molar-refractivity contribution in [2.45, 2.75) is 57.2 Å². The number of nitrogens with one attached hydrogen (secondary N) is 1. The fourth-order valence-electron chi connectivity index (χ4n) is 6.02. The van der Waals surface area contributed by atoms with Gasteiger partial charge in [-0.05, 0) is 86.3 Å². The van der Waals surface area contributed by atoms with Crippen LogP contribution in [0.25, 0.3) is 22.0 Å². The zero-order chi connectivity index (χ0) is 26.4. The van der Waals surface area contributed by atoms with Gasteiger partial charge in [-0.15, -0.1) is 0 Å². The molecule has 2 N–H and O–H groups in total. The molecule has 2 aromatic carbocycles. The van der Waals surface area contributed by atoms with Crippen molar-refractivity contribution < 1.29 is 18.7 Å². The number of nitrogens with zero attached hydrogens (tertiary/aromatic N) is 2. The van der Waals surface area contributed by atoms with E-state index in [4.69, 9.17) is 11.6 Å². The Labute approximate surface area is 226 Å². The molecule has 3 aliphatic rings. The van der Waals surface area contributed by atoms with Gasteiger partial charge in [0.1, 0.15) is 6.17 Å². The minimum atomic E-state index is -0.783. The van der Waals surface area contributed by atoms with Crippen molar-refractivity contribution in [3.8, 4) is 16.9 Å². The van der Waals surface area contributed by atoms with Crippen LogP contribution in [0.4, 0.5) is 14.5 Å². The number of anilines is 1. The second kappa shape index (κ2) is 10.4. The van der Waals surface area contributed by atoms with E-state index in [0.29, 0.717) is 30.0 Å². The van der Waals surface area contributed by atoms with Crippen LogP contribution in [-0.4, -0.2) is 52.6 Å². The summed E-state index contributed by atoms with van der Waals surface area (Å²) in [4.78, 5) is 20.1. The lowest BCUT2D eigenvalue weighted by atomic mass is 9.85. The van der Waals surface area contributed by atoms with Gasteiger partial charge >= 0.3 is 0 Å². The molecular formula is C30H32ClF2N3O2. The van der Waals surface area contributed by atoms with Crippen molar-refractivity contribution >= 4 is 34.0 Å². The molecule has 3 aromatic rings. The highest BCUT2D eigenvalue weighted by Crippen LogP contribution is 2.40. The van der Waals surface area contributed by atoms with E-state index >= 15 is 0 Å². The molecule has 200 valence electrons. The normalized spacial score (nSPS) is 24.1. The zero-order valence-electron chi connectivity index (χ0n) is 21.2. The lowest BCUT2D eigenvalue weighted by Crippen LogP contribution is -2.33. The van der Waals surface area contributed by atoms with Gasteiger partial charge in [-0.2, -0.15) is 0 Å². The van der Waals surface area contributed by atoms with Gasteiger partial charge < -0.3 is 15.3 Å². The minimum absolute atomic E-state index is 0.0537. The van der Waals surface area contributed by atoms with E-state index < -0.39 is 17.7 Å². The molecule has 38 heavy (non-hydrogen) atoms. The molecule has 1 aromatic heterocycles. The molecule has 2 saturated carbocycles. The molecule has 0 unspecified atom stereocenters. The van der Waals surface area contributed by atoms with E-state index in [0.717, 1.165) is 73.8 Å². The molecule has 5 nitrogen and oxygen atoms in total. The van der Waals surface area contributed by atoms with Crippen LogP contribution in [0, 0.1) is 17.7 Å². The number of aromatic nitrogens is 1. The van der Waals surface area contributed by atoms with Gasteiger partial charge in [0.2, 0.25) is 0 Å². The SMILES string of the molecule is O=C(c1cnc2ccc(-c3cc(F)c(O)c(Cl)c3)cc2c1NC1CCC(CN2CC[C@@H](F)C2)CC1)C1CC1. The zero-order valence-corrected chi connectivity index (χ0v) is 22.0. The Balaban J connectivity index is 1.28. The minimum Gasteiger partial charge on any atom is -0.504 e. The standard InChI is InChI=1S/C30H32ClF2N3O2/c31-25-12-20(13-26(33)30(25)38)19-5-8-27-23(11-19)28(24(14-34-27)29(37)18-3-4-18)35-22-6-1-17(2-7-22)15-36-10-9-21(32)16-36/h5,8,11-14,17-18,21-22,38H,1-4,6-7,9-10,15-16H2,(H,34,35)/t17?,21-,22?/m1/s1. The summed E-state index contributed by atoms with van der Waals surface area (Å²) >= 11 is 6.05. The van der Waals surface area contributed by atoms with Gasteiger partial charge in [-0.25, -0.2) is 8.78 Å². The number of carbonyl (C=O) groups is 1. The summed E-state index contributed by atoms with van der Waals surface area (Å²) in [5.74, 6) is -0.606. The van der Waals surface area contributed by atoms with Crippen LogP contribution in [0.2, 0.25) is 5.02 Å². The second-order valence-electron chi connectivity index (χ2n) is 11.2. The lowest BCUT2D eigenvalue weighted by molar-refractivity contribution is 0.0968. The Morgan fingerprint density at radius 3 is 2.55 bits per heavy atom. The van der Waals surface area contributed by atoms with Gasteiger partial charge in [0.15, 0.2) is 17.3 Å². The van der Waals surface area contributed by atoms with Crippen LogP contribution >= 0.6 is 11.6 Å². The smallest absolute Gasteiger partial charge is 0.170 e. The fourth-order valence-corrected chi connectivity index (χ4v) is 6.23. The molecule has 6 rings (SSSR count). The Bertz CT molecular complexity index is 1350. The van der Waals surface area contributed by atoms with E-state index in [1.54, 1.807) is 6.20 Å². The van der Waals surface area contributed by atoms with E-state index in [2.05, 4.69) is 15.2 Å². The molecule has 0 amide bonds. The highest BCUT2D eigenvalue weighted by Gasteiger charge is 2.33. The average Bonchev–Trinajstić information content (AvgIpc) is 3.69. The molecule has 1 saturated heterocycles. The van der Waals surface area contributed by atoms with E-state index in [1.165, 1.54) is 12.1 Å². The topological polar surface area (TPSA) is 65.5 Å². The van der Waals surface area contributed by atoms with E-state index in [9.17, 15) is 18.7 Å². The van der Waals surface area contributed by atoms with Gasteiger partial charge in [0.25, 0.3) is 0 Å². The van der Waals surface area contributed by atoms with Gasteiger partial charge in [0, 0.05) is 43.2 Å². The molecule has 2 aliphatic carbocycles. The summed E-state index contributed by atoms with van der Waals surface area (Å²) in [6, 6.07) is 8.64. The van der Waals surface area contributed by atoms with Crippen molar-refractivity contribution in [2.75, 3.05) is 25.0 Å². The van der Waals surface area contributed by atoms with Crippen LogP contribution in [0.15, 0.2) is 36.5 Å². The third-order valence-electron chi connectivity index (χ3n) is 8.36. The number of ketones is 1. The number of rotatable bonds is 7. The lowest BCUT2D eigenvalue weighted by Gasteiger charge is -2.32. The van der Waals surface area contributed by atoms with Crippen molar-refractivity contribution in [3.05, 3.63) is 52.9 Å². The largest absolute Gasteiger partial charge is 0.504 e. The van der Waals surface area contributed by atoms with Crippen molar-refractivity contribution in [3.63, 3.8) is 0 Å². The third kappa shape index (κ3) is 5.23. The van der Waals surface area contributed by atoms with Crippen molar-refractivity contribution in [1.82, 2.24) is 9.88 Å². The predicted octanol–water partition coefficient (Wildman–Crippen LogP) is 7.01. The number of hydrogen-bond acceptors (Lipinski definition) is 5. The summed E-state index contributed by atoms with van der Waals surface area (Å²) in [7, 11) is 0. The highest BCUT2D eigenvalue weighted by atomic mass is 35.5. The predicted molar refractivity (Wildman–Crippen MR) is 146 cm³/mol. The first-order valence-electron chi connectivity index (χ1n) is 13.6. The molecule has 8 heteroatoms. The number of fused-ring (bicyclic) bond motifs is 1. The van der Waals surface area contributed by atoms with Crippen LogP contribution in [0.5, 0.6) is 5.75 Å². The van der Waals surface area contributed by atoms with Gasteiger partial charge in [-0.3, -0.25) is 9.78 Å². The summed E-state index contributed by atoms with van der Waals surface area (Å²) in [6.45, 7) is 2.38. The number of phenolic OH excluding ortho intramolecular Hbond substituents is 1. The van der Waals surface area contributed by atoms with E-state index in [-0.39, 0.29) is 22.8 Å². The molecule has 1 aliphatic heterocycles. The molecule has 1 atom stereocenters. The van der Waals surface area contributed by atoms with Crippen LogP contribution in [0.3, 0.4) is 0 Å². The Hall–Kier alpha value is -2.77. The number of hydrogen-bond donors (Lipinski definition) is 2. The third-order valence-corrected chi connectivity index (χ3v) is 8.65. The molecule has 0 spiro atoms. The molecule has 0 radical (unpaired) electrons. The first-order valence-corrected chi connectivity index (χ1v) is 14.0. The number of aromatic hydroxyl groups is 1. The molecule has 0 bridgehead atoms. The number of alkyl halides is 1. The quantitative estimate of drug-likeness (QED) is 0.316. The highest BCUT2D eigenvalue weighted by molar-refractivity contribution is 6.32. The van der Waals surface area contributed by atoms with Crippen LogP contribution < -0.4 is 5.32 Å². The van der Waals surface area contributed by atoms with Gasteiger partial charge in [-0.1, -0.05) is 17.7 Å². The van der Waals surface area contributed by atoms with Gasteiger partial charge in [0.05, 0.1) is 21.8 Å². The van der Waals surface area contributed by atoms with Crippen molar-refractivity contribution in [1.29, 1.82) is 0 Å². The summed E-state index contributed by atoms with van der Waals surface area (Å²) < 4.78 is 27.8. The maximum Gasteiger partial charge on any atom is 0.170 e. The summed E-state index contributed by atoms with van der Waals surface area (Å²) in [5.41, 5.74) is 3.41. The molecule has 3 fully saturated rings. The Morgan fingerprint density at radius 2 is 1.87 bits per heavy atom. The first-order chi connectivity index (χ1) is 18.4. The monoisotopic (exact) mass is 539 g/mol. The Morgan fingerprint density at radius 1 is 1.08 bits per heavy atom. The number of halogens is 3. The van der Waals surface area contributed by atoms with E-state index in [1.807, 2.05) is 18.2 Å². The molecular weight excluding hydrogens is 508 g/mol. The maximum absolute atomic E-state index is 14.2. The maximum atomic E-state index is 14.2. The average molecular weight is 540 g/mol. The number of likely N-dealkylation sites (tertiary alicyclic amines) is 1. The van der Waals surface area contributed by atoms with Crippen LogP contribution in [-0.2, 0) is 0 Å². The number of carbonyl (C=O) groups excluding carboxylic acids is 1. The molecule has 2 heterocycles.